The van der Waals surface area contributed by atoms with Gasteiger partial charge in [0, 0.05) is 17.2 Å². The highest BCUT2D eigenvalue weighted by atomic mass is 79.9. The zero-order chi connectivity index (χ0) is 19.4. The van der Waals surface area contributed by atoms with Crippen molar-refractivity contribution < 1.29 is 9.53 Å². The summed E-state index contributed by atoms with van der Waals surface area (Å²) in [6.07, 6.45) is -0.409. The number of hydrogen-bond acceptors (Lipinski definition) is 3. The van der Waals surface area contributed by atoms with Crippen LogP contribution in [0.4, 0.5) is 4.79 Å². The predicted molar refractivity (Wildman–Crippen MR) is 116 cm³/mol. The molecule has 0 saturated carbocycles. The minimum absolute atomic E-state index is 0.0520. The summed E-state index contributed by atoms with van der Waals surface area (Å²) in [7, 11) is 0. The molecule has 27 heavy (non-hydrogen) atoms. The molecule has 0 spiro atoms. The zero-order valence-corrected chi connectivity index (χ0v) is 18.5. The SMILES string of the molecule is CC(C)NC(=O)OCCN=C1c2ccccc2C(Br)C(Br)c2ccccc21. The first-order valence-corrected chi connectivity index (χ1v) is 10.8. The van der Waals surface area contributed by atoms with Crippen molar-refractivity contribution >= 4 is 43.7 Å². The Morgan fingerprint density at radius 1 is 1.04 bits per heavy atom. The van der Waals surface area contributed by atoms with Crippen LogP contribution in [0.15, 0.2) is 53.5 Å². The van der Waals surface area contributed by atoms with Gasteiger partial charge in [-0.1, -0.05) is 80.4 Å². The van der Waals surface area contributed by atoms with Crippen molar-refractivity contribution in [2.45, 2.75) is 29.5 Å². The number of ether oxygens (including phenoxy) is 1. The first-order chi connectivity index (χ1) is 13.0. The van der Waals surface area contributed by atoms with Gasteiger partial charge in [0.05, 0.1) is 21.9 Å². The lowest BCUT2D eigenvalue weighted by Gasteiger charge is -2.16. The van der Waals surface area contributed by atoms with Crippen molar-refractivity contribution in [3.63, 3.8) is 0 Å². The summed E-state index contributed by atoms with van der Waals surface area (Å²) in [5.74, 6) is 0. The van der Waals surface area contributed by atoms with E-state index in [9.17, 15) is 4.79 Å². The molecule has 2 aromatic rings. The number of hydrogen-bond donors (Lipinski definition) is 1. The number of amides is 1. The highest BCUT2D eigenvalue weighted by Crippen LogP contribution is 2.47. The number of halogens is 2. The maximum Gasteiger partial charge on any atom is 0.407 e. The normalized spacial score (nSPS) is 18.3. The number of benzene rings is 2. The second-order valence-corrected chi connectivity index (χ2v) is 8.62. The van der Waals surface area contributed by atoms with Crippen molar-refractivity contribution in [1.82, 2.24) is 5.32 Å². The van der Waals surface area contributed by atoms with Crippen LogP contribution in [0.1, 0.15) is 45.8 Å². The lowest BCUT2D eigenvalue weighted by molar-refractivity contribution is 0.147. The highest BCUT2D eigenvalue weighted by molar-refractivity contribution is 9.12. The van der Waals surface area contributed by atoms with Gasteiger partial charge in [0.2, 0.25) is 0 Å². The van der Waals surface area contributed by atoms with Crippen LogP contribution in [-0.4, -0.2) is 31.0 Å². The number of alkyl carbamates (subject to hydrolysis) is 1. The van der Waals surface area contributed by atoms with Gasteiger partial charge in [-0.3, -0.25) is 4.99 Å². The molecule has 142 valence electrons. The summed E-state index contributed by atoms with van der Waals surface area (Å²) >= 11 is 7.69. The third kappa shape index (κ3) is 4.61. The standard InChI is InChI=1S/C21H22Br2N2O2/c1-13(2)25-21(26)27-12-11-24-20-16-9-5-3-7-14(16)18(22)19(23)15-8-4-6-10-17(15)20/h3-10,13,18-19H,11-12H2,1-2H3,(H,25,26). The molecule has 1 amide bonds. The van der Waals surface area contributed by atoms with Gasteiger partial charge in [0.25, 0.3) is 0 Å². The molecule has 0 heterocycles. The molecule has 6 heteroatoms. The average Bonchev–Trinajstić information content (AvgIpc) is 2.74. The Morgan fingerprint density at radius 3 is 2.07 bits per heavy atom. The predicted octanol–water partition coefficient (Wildman–Crippen LogP) is 5.54. The van der Waals surface area contributed by atoms with E-state index in [0.29, 0.717) is 6.54 Å². The Bertz CT molecular complexity index is 798. The Morgan fingerprint density at radius 2 is 1.56 bits per heavy atom. The van der Waals surface area contributed by atoms with E-state index in [4.69, 9.17) is 9.73 Å². The van der Waals surface area contributed by atoms with Crippen molar-refractivity contribution in [2.24, 2.45) is 4.99 Å². The van der Waals surface area contributed by atoms with Crippen LogP contribution in [0.5, 0.6) is 0 Å². The number of nitrogens with zero attached hydrogens (tertiary/aromatic N) is 1. The van der Waals surface area contributed by atoms with E-state index in [1.165, 1.54) is 11.1 Å². The third-order valence-corrected chi connectivity index (χ3v) is 7.04. The number of fused-ring (bicyclic) bond motifs is 2. The minimum Gasteiger partial charge on any atom is -0.448 e. The van der Waals surface area contributed by atoms with Crippen molar-refractivity contribution in [2.75, 3.05) is 13.2 Å². The van der Waals surface area contributed by atoms with E-state index >= 15 is 0 Å². The van der Waals surface area contributed by atoms with E-state index in [1.54, 1.807) is 0 Å². The molecule has 0 fully saturated rings. The summed E-state index contributed by atoms with van der Waals surface area (Å²) in [4.78, 5) is 16.7. The van der Waals surface area contributed by atoms with Gasteiger partial charge in [-0.05, 0) is 25.0 Å². The zero-order valence-electron chi connectivity index (χ0n) is 15.3. The molecule has 0 aromatic heterocycles. The summed E-state index contributed by atoms with van der Waals surface area (Å²) < 4.78 is 5.22. The fourth-order valence-corrected chi connectivity index (χ4v) is 4.48. The van der Waals surface area contributed by atoms with Crippen molar-refractivity contribution in [1.29, 1.82) is 0 Å². The van der Waals surface area contributed by atoms with E-state index < -0.39 is 6.09 Å². The van der Waals surface area contributed by atoms with Gasteiger partial charge in [-0.2, -0.15) is 0 Å². The van der Waals surface area contributed by atoms with Gasteiger partial charge >= 0.3 is 6.09 Å². The van der Waals surface area contributed by atoms with Gasteiger partial charge in [0.1, 0.15) is 6.61 Å². The average molecular weight is 494 g/mol. The number of nitrogens with one attached hydrogen (secondary N) is 1. The largest absolute Gasteiger partial charge is 0.448 e. The molecular formula is C21H22Br2N2O2. The van der Waals surface area contributed by atoms with Crippen LogP contribution in [0, 0.1) is 0 Å². The van der Waals surface area contributed by atoms with Crippen LogP contribution >= 0.6 is 31.9 Å². The molecule has 3 rings (SSSR count). The molecule has 0 radical (unpaired) electrons. The maximum atomic E-state index is 11.6. The molecule has 1 N–H and O–H groups in total. The van der Waals surface area contributed by atoms with Gasteiger partial charge < -0.3 is 10.1 Å². The molecular weight excluding hydrogens is 472 g/mol. The highest BCUT2D eigenvalue weighted by Gasteiger charge is 2.30. The molecule has 0 bridgehead atoms. The van der Waals surface area contributed by atoms with Gasteiger partial charge in [-0.15, -0.1) is 0 Å². The lowest BCUT2D eigenvalue weighted by atomic mass is 9.98. The number of alkyl halides is 2. The fourth-order valence-electron chi connectivity index (χ4n) is 3.11. The molecule has 1 aliphatic carbocycles. The van der Waals surface area contributed by atoms with Crippen LogP contribution in [0.2, 0.25) is 0 Å². The summed E-state index contributed by atoms with van der Waals surface area (Å²) in [5.41, 5.74) is 5.50. The molecule has 1 aliphatic rings. The minimum atomic E-state index is -0.409. The monoisotopic (exact) mass is 492 g/mol. The topological polar surface area (TPSA) is 50.7 Å². The fraction of sp³-hybridized carbons (Fsp3) is 0.333. The Hall–Kier alpha value is -1.66. The number of carbonyl (C=O) groups is 1. The Labute approximate surface area is 176 Å². The molecule has 2 aromatic carbocycles. The van der Waals surface area contributed by atoms with E-state index in [1.807, 2.05) is 38.1 Å². The molecule has 2 atom stereocenters. The Balaban J connectivity index is 1.91. The Kier molecular flexibility index (Phi) is 6.71. The summed E-state index contributed by atoms with van der Waals surface area (Å²) in [6, 6.07) is 16.6. The molecule has 0 saturated heterocycles. The second-order valence-electron chi connectivity index (χ2n) is 6.64. The number of aliphatic imine (C=N–C) groups is 1. The number of rotatable bonds is 4. The van der Waals surface area contributed by atoms with Crippen LogP contribution < -0.4 is 5.32 Å². The quantitative estimate of drug-likeness (QED) is 0.448. The smallest absolute Gasteiger partial charge is 0.407 e. The van der Waals surface area contributed by atoms with Crippen molar-refractivity contribution in [3.05, 3.63) is 70.8 Å². The maximum absolute atomic E-state index is 11.6. The van der Waals surface area contributed by atoms with E-state index in [-0.39, 0.29) is 22.3 Å². The van der Waals surface area contributed by atoms with Crippen LogP contribution in [0.25, 0.3) is 0 Å². The van der Waals surface area contributed by atoms with Gasteiger partial charge in [0.15, 0.2) is 0 Å². The van der Waals surface area contributed by atoms with Crippen LogP contribution in [-0.2, 0) is 4.74 Å². The lowest BCUT2D eigenvalue weighted by Crippen LogP contribution is -2.31. The molecule has 2 unspecified atom stereocenters. The molecule has 0 aliphatic heterocycles. The van der Waals surface area contributed by atoms with Crippen LogP contribution in [0.3, 0.4) is 0 Å². The molecule has 4 nitrogen and oxygen atoms in total. The summed E-state index contributed by atoms with van der Waals surface area (Å²) in [6.45, 7) is 4.44. The summed E-state index contributed by atoms with van der Waals surface area (Å²) in [5, 5.41) is 2.71. The van der Waals surface area contributed by atoms with Crippen molar-refractivity contribution in [3.8, 4) is 0 Å². The first kappa shape index (κ1) is 20.1. The van der Waals surface area contributed by atoms with E-state index in [0.717, 1.165) is 16.8 Å². The van der Waals surface area contributed by atoms with E-state index in [2.05, 4.69) is 61.4 Å². The second kappa shape index (κ2) is 9.02. The third-order valence-electron chi connectivity index (χ3n) is 4.28. The first-order valence-electron chi connectivity index (χ1n) is 8.93. The van der Waals surface area contributed by atoms with Gasteiger partial charge in [-0.25, -0.2) is 4.79 Å². The number of carbonyl (C=O) groups excluding carboxylic acids is 1.